The lowest BCUT2D eigenvalue weighted by Crippen LogP contribution is -2.25. The summed E-state index contributed by atoms with van der Waals surface area (Å²) in [5, 5.41) is 10.7. The molecule has 3 heteroatoms. The Morgan fingerprint density at radius 2 is 1.29 bits per heavy atom. The molecule has 0 amide bonds. The van der Waals surface area contributed by atoms with E-state index < -0.39 is 0 Å². The van der Waals surface area contributed by atoms with E-state index in [1.807, 2.05) is 60.7 Å². The van der Waals surface area contributed by atoms with Gasteiger partial charge in [-0.2, -0.15) is 0 Å². The second-order valence-corrected chi connectivity index (χ2v) is 4.19. The van der Waals surface area contributed by atoms with E-state index in [1.165, 1.54) is 0 Å². The van der Waals surface area contributed by atoms with Crippen molar-refractivity contribution in [3.63, 3.8) is 0 Å². The van der Waals surface area contributed by atoms with Crippen LogP contribution in [0.5, 0.6) is 0 Å². The SMILES string of the molecule is N=C(S)NC(c1ccccc1)c1ccccc1. The number of rotatable bonds is 3. The van der Waals surface area contributed by atoms with Crippen LogP contribution in [0.15, 0.2) is 60.7 Å². The van der Waals surface area contributed by atoms with E-state index in [2.05, 4.69) is 17.9 Å². The van der Waals surface area contributed by atoms with Gasteiger partial charge in [0, 0.05) is 0 Å². The summed E-state index contributed by atoms with van der Waals surface area (Å²) in [6, 6.07) is 20.1. The second-order valence-electron chi connectivity index (χ2n) is 3.75. The molecular formula is C14H14N2S. The molecule has 2 nitrogen and oxygen atoms in total. The summed E-state index contributed by atoms with van der Waals surface area (Å²) in [4.78, 5) is 0. The highest BCUT2D eigenvalue weighted by atomic mass is 32.1. The quantitative estimate of drug-likeness (QED) is 0.431. The van der Waals surface area contributed by atoms with Crippen LogP contribution in [0.1, 0.15) is 17.2 Å². The zero-order valence-electron chi connectivity index (χ0n) is 9.30. The van der Waals surface area contributed by atoms with Crippen molar-refractivity contribution < 1.29 is 0 Å². The Hall–Kier alpha value is -1.74. The molecule has 0 saturated carbocycles. The molecule has 2 aromatic rings. The molecule has 0 fully saturated rings. The molecule has 0 atom stereocenters. The van der Waals surface area contributed by atoms with E-state index in [9.17, 15) is 0 Å². The fourth-order valence-corrected chi connectivity index (χ4v) is 1.92. The highest BCUT2D eigenvalue weighted by Crippen LogP contribution is 2.21. The molecule has 0 bridgehead atoms. The second kappa shape index (κ2) is 5.55. The monoisotopic (exact) mass is 242 g/mol. The summed E-state index contributed by atoms with van der Waals surface area (Å²) < 4.78 is 0. The lowest BCUT2D eigenvalue weighted by Gasteiger charge is -2.19. The van der Waals surface area contributed by atoms with Crippen LogP contribution in [-0.4, -0.2) is 5.17 Å². The predicted molar refractivity (Wildman–Crippen MR) is 74.6 cm³/mol. The minimum Gasteiger partial charge on any atom is -0.354 e. The minimum atomic E-state index is -0.0256. The smallest absolute Gasteiger partial charge is 0.151 e. The van der Waals surface area contributed by atoms with Crippen LogP contribution in [-0.2, 0) is 0 Å². The number of hydrogen-bond acceptors (Lipinski definition) is 1. The maximum absolute atomic E-state index is 7.48. The van der Waals surface area contributed by atoms with E-state index in [-0.39, 0.29) is 11.2 Å². The lowest BCUT2D eigenvalue weighted by molar-refractivity contribution is 0.767. The zero-order chi connectivity index (χ0) is 12.1. The highest BCUT2D eigenvalue weighted by molar-refractivity contribution is 7.96. The van der Waals surface area contributed by atoms with Crippen LogP contribution >= 0.6 is 12.6 Å². The number of hydrogen-bond donors (Lipinski definition) is 3. The van der Waals surface area contributed by atoms with E-state index >= 15 is 0 Å². The van der Waals surface area contributed by atoms with E-state index in [1.54, 1.807) is 0 Å². The molecule has 0 saturated heterocycles. The van der Waals surface area contributed by atoms with Gasteiger partial charge in [-0.25, -0.2) is 0 Å². The normalized spacial score (nSPS) is 10.2. The highest BCUT2D eigenvalue weighted by Gasteiger charge is 2.13. The molecule has 2 rings (SSSR count). The number of benzene rings is 2. The molecule has 2 aromatic carbocycles. The maximum atomic E-state index is 7.48. The van der Waals surface area contributed by atoms with E-state index in [0.717, 1.165) is 11.1 Å². The molecular weight excluding hydrogens is 228 g/mol. The Bertz CT molecular complexity index is 443. The van der Waals surface area contributed by atoms with Crippen LogP contribution in [0.4, 0.5) is 0 Å². The third kappa shape index (κ3) is 3.11. The zero-order valence-corrected chi connectivity index (χ0v) is 10.2. The van der Waals surface area contributed by atoms with Crippen molar-refractivity contribution in [2.24, 2.45) is 0 Å². The minimum absolute atomic E-state index is 0.0256. The summed E-state index contributed by atoms with van der Waals surface area (Å²) in [6.07, 6.45) is 0. The number of thiol groups is 1. The fourth-order valence-electron chi connectivity index (χ4n) is 1.79. The summed E-state index contributed by atoms with van der Waals surface area (Å²) in [6.45, 7) is 0. The lowest BCUT2D eigenvalue weighted by atomic mass is 9.99. The van der Waals surface area contributed by atoms with E-state index in [4.69, 9.17) is 5.41 Å². The first-order valence-electron chi connectivity index (χ1n) is 5.41. The summed E-state index contributed by atoms with van der Waals surface area (Å²) in [5.74, 6) is 0. The first kappa shape index (κ1) is 11.7. The van der Waals surface area contributed by atoms with Crippen molar-refractivity contribution in [3.05, 3.63) is 71.8 Å². The average Bonchev–Trinajstić information content (AvgIpc) is 2.38. The van der Waals surface area contributed by atoms with Crippen molar-refractivity contribution in [1.82, 2.24) is 5.32 Å². The van der Waals surface area contributed by atoms with Gasteiger partial charge in [0.25, 0.3) is 0 Å². The third-order valence-corrected chi connectivity index (χ3v) is 2.68. The first-order valence-corrected chi connectivity index (χ1v) is 5.86. The first-order chi connectivity index (χ1) is 8.27. The Morgan fingerprint density at radius 3 is 1.65 bits per heavy atom. The summed E-state index contributed by atoms with van der Waals surface area (Å²) in [7, 11) is 0. The van der Waals surface area contributed by atoms with Crippen LogP contribution in [0, 0.1) is 5.41 Å². The molecule has 0 aliphatic carbocycles. The van der Waals surface area contributed by atoms with Crippen molar-refractivity contribution in [1.29, 1.82) is 5.41 Å². The Kier molecular flexibility index (Phi) is 3.83. The summed E-state index contributed by atoms with van der Waals surface area (Å²) >= 11 is 4.01. The van der Waals surface area contributed by atoms with Crippen LogP contribution in [0.2, 0.25) is 0 Å². The van der Waals surface area contributed by atoms with Gasteiger partial charge in [-0.15, -0.1) is 12.6 Å². The van der Waals surface area contributed by atoms with Crippen molar-refractivity contribution in [2.75, 3.05) is 0 Å². The van der Waals surface area contributed by atoms with Crippen LogP contribution < -0.4 is 5.32 Å². The standard InChI is InChI=1S/C14H14N2S/c15-14(17)16-13(11-7-3-1-4-8-11)12-9-5-2-6-10-12/h1-10,13H,(H3,15,16,17). The topological polar surface area (TPSA) is 35.9 Å². The number of amidine groups is 1. The molecule has 17 heavy (non-hydrogen) atoms. The van der Waals surface area contributed by atoms with Gasteiger partial charge in [0.1, 0.15) is 0 Å². The molecule has 0 heterocycles. The molecule has 0 unspecified atom stereocenters. The van der Waals surface area contributed by atoms with Crippen molar-refractivity contribution >= 4 is 17.8 Å². The van der Waals surface area contributed by atoms with Crippen molar-refractivity contribution in [2.45, 2.75) is 6.04 Å². The predicted octanol–water partition coefficient (Wildman–Crippen LogP) is 3.23. The molecule has 86 valence electrons. The molecule has 0 aliphatic rings. The van der Waals surface area contributed by atoms with Gasteiger partial charge in [0.05, 0.1) is 6.04 Å². The summed E-state index contributed by atoms with van der Waals surface area (Å²) in [5.41, 5.74) is 2.25. The molecule has 2 N–H and O–H groups in total. The molecule has 0 spiro atoms. The van der Waals surface area contributed by atoms with Gasteiger partial charge in [0.2, 0.25) is 0 Å². The fraction of sp³-hybridized carbons (Fsp3) is 0.0714. The van der Waals surface area contributed by atoms with Gasteiger partial charge in [-0.3, -0.25) is 5.41 Å². The Balaban J connectivity index is 2.36. The number of nitrogens with one attached hydrogen (secondary N) is 2. The van der Waals surface area contributed by atoms with Gasteiger partial charge < -0.3 is 5.32 Å². The molecule has 0 aliphatic heterocycles. The molecule has 0 radical (unpaired) electrons. The van der Waals surface area contributed by atoms with Gasteiger partial charge in [-0.1, -0.05) is 60.7 Å². The maximum Gasteiger partial charge on any atom is 0.151 e. The largest absolute Gasteiger partial charge is 0.354 e. The van der Waals surface area contributed by atoms with Crippen LogP contribution in [0.25, 0.3) is 0 Å². The average molecular weight is 242 g/mol. The van der Waals surface area contributed by atoms with Gasteiger partial charge in [-0.05, 0) is 11.1 Å². The van der Waals surface area contributed by atoms with Gasteiger partial charge in [0.15, 0.2) is 5.17 Å². The van der Waals surface area contributed by atoms with Gasteiger partial charge >= 0.3 is 0 Å². The third-order valence-electron chi connectivity index (χ3n) is 2.55. The van der Waals surface area contributed by atoms with Crippen LogP contribution in [0.3, 0.4) is 0 Å². The van der Waals surface area contributed by atoms with Crippen molar-refractivity contribution in [3.8, 4) is 0 Å². The Labute approximate surface area is 107 Å². The Morgan fingerprint density at radius 1 is 0.882 bits per heavy atom. The van der Waals surface area contributed by atoms with E-state index in [0.29, 0.717) is 0 Å². The molecule has 0 aromatic heterocycles.